The predicted molar refractivity (Wildman–Crippen MR) is 97.8 cm³/mol. The molecule has 1 aromatic carbocycles. The van der Waals surface area contributed by atoms with E-state index in [-0.39, 0.29) is 28.4 Å². The van der Waals surface area contributed by atoms with Crippen molar-refractivity contribution in [2.45, 2.75) is 12.5 Å². The van der Waals surface area contributed by atoms with Crippen LogP contribution < -0.4 is 10.5 Å². The minimum atomic E-state index is -4.83. The van der Waals surface area contributed by atoms with Gasteiger partial charge in [0.2, 0.25) is 0 Å². The molecule has 0 aliphatic heterocycles. The van der Waals surface area contributed by atoms with Crippen LogP contribution in [0.2, 0.25) is 0 Å². The first-order valence-corrected chi connectivity index (χ1v) is 8.56. The summed E-state index contributed by atoms with van der Waals surface area (Å²) in [5, 5.41) is 4.04. The van der Waals surface area contributed by atoms with Gasteiger partial charge in [-0.3, -0.25) is 4.98 Å². The van der Waals surface area contributed by atoms with Crippen LogP contribution in [0.5, 0.6) is 5.75 Å². The first-order chi connectivity index (χ1) is 14.5. The number of hydrogen-bond donors (Lipinski definition) is 1. The highest BCUT2D eigenvalue weighted by atomic mass is 19.4. The third kappa shape index (κ3) is 4.09. The average Bonchev–Trinajstić information content (AvgIpc) is 3.03. The molecular weight excluding hydrogens is 428 g/mol. The van der Waals surface area contributed by atoms with Crippen molar-refractivity contribution < 1.29 is 31.1 Å². The molecule has 2 N–H and O–H groups in total. The number of nitrogen functional groups attached to an aromatic ring is 1. The lowest BCUT2D eigenvalue weighted by Crippen LogP contribution is -2.16. The Balaban J connectivity index is 1.74. The number of alkyl halides is 6. The van der Waals surface area contributed by atoms with Gasteiger partial charge < -0.3 is 10.5 Å². The van der Waals surface area contributed by atoms with E-state index in [9.17, 15) is 26.3 Å². The van der Waals surface area contributed by atoms with E-state index in [4.69, 9.17) is 5.73 Å². The summed E-state index contributed by atoms with van der Waals surface area (Å²) in [6.07, 6.45) is -7.04. The normalized spacial score (nSPS) is 12.3. The number of rotatable bonds is 3. The Kier molecular flexibility index (Phi) is 4.71. The first-order valence-electron chi connectivity index (χ1n) is 8.56. The van der Waals surface area contributed by atoms with Crippen molar-refractivity contribution in [3.63, 3.8) is 0 Å². The second-order valence-corrected chi connectivity index (χ2v) is 6.33. The molecule has 3 aromatic heterocycles. The molecule has 0 spiro atoms. The van der Waals surface area contributed by atoms with Gasteiger partial charge >= 0.3 is 12.5 Å². The van der Waals surface area contributed by atoms with E-state index in [1.807, 2.05) is 0 Å². The van der Waals surface area contributed by atoms with E-state index in [1.165, 1.54) is 41.2 Å². The molecule has 160 valence electrons. The number of nitrogens with two attached hydrogens (primary N) is 1. The van der Waals surface area contributed by atoms with Crippen molar-refractivity contribution in [2.75, 3.05) is 5.73 Å². The van der Waals surface area contributed by atoms with Crippen LogP contribution in [-0.2, 0) is 6.18 Å². The van der Waals surface area contributed by atoms with Gasteiger partial charge in [-0.2, -0.15) is 22.8 Å². The number of ether oxygens (including phenoxy) is 1. The average molecular weight is 439 g/mol. The lowest BCUT2D eigenvalue weighted by Gasteiger charge is -2.11. The van der Waals surface area contributed by atoms with Gasteiger partial charge in [0.25, 0.3) is 0 Å². The van der Waals surface area contributed by atoms with Crippen LogP contribution in [0.25, 0.3) is 28.2 Å². The van der Waals surface area contributed by atoms with Crippen molar-refractivity contribution in [3.05, 3.63) is 60.4 Å². The summed E-state index contributed by atoms with van der Waals surface area (Å²) in [7, 11) is 0. The third-order valence-electron chi connectivity index (χ3n) is 4.26. The lowest BCUT2D eigenvalue weighted by molar-refractivity contribution is -0.274. The Labute approximate surface area is 169 Å². The molecule has 0 amide bonds. The van der Waals surface area contributed by atoms with E-state index < -0.39 is 23.9 Å². The molecule has 12 heteroatoms. The van der Waals surface area contributed by atoms with Crippen LogP contribution in [0, 0.1) is 0 Å². The summed E-state index contributed by atoms with van der Waals surface area (Å²) in [6.45, 7) is 0. The highest BCUT2D eigenvalue weighted by Crippen LogP contribution is 2.36. The van der Waals surface area contributed by atoms with Gasteiger partial charge in [0.1, 0.15) is 11.4 Å². The van der Waals surface area contributed by atoms with Crippen LogP contribution in [0.15, 0.2) is 54.9 Å². The zero-order valence-corrected chi connectivity index (χ0v) is 15.2. The van der Waals surface area contributed by atoms with E-state index in [1.54, 1.807) is 0 Å². The standard InChI is InChI=1S/C19H11F6N5O/c20-18(21,22)13-2-1-7-27-15(13)11-8-14-29-16(17(26)30(14)28-9-11)10-3-5-12(6-4-10)31-19(23,24)25/h1-9H,26H2. The van der Waals surface area contributed by atoms with Gasteiger partial charge in [0.15, 0.2) is 11.5 Å². The Morgan fingerprint density at radius 3 is 2.26 bits per heavy atom. The fourth-order valence-corrected chi connectivity index (χ4v) is 2.97. The molecule has 0 saturated carbocycles. The van der Waals surface area contributed by atoms with E-state index in [2.05, 4.69) is 19.8 Å². The van der Waals surface area contributed by atoms with Gasteiger partial charge in [-0.1, -0.05) is 0 Å². The number of benzene rings is 1. The molecule has 3 heterocycles. The summed E-state index contributed by atoms with van der Waals surface area (Å²) in [5.74, 6) is -0.364. The maximum atomic E-state index is 13.3. The van der Waals surface area contributed by atoms with E-state index in [0.29, 0.717) is 5.56 Å². The largest absolute Gasteiger partial charge is 0.573 e. The van der Waals surface area contributed by atoms with Crippen molar-refractivity contribution in [2.24, 2.45) is 0 Å². The highest BCUT2D eigenvalue weighted by Gasteiger charge is 2.34. The predicted octanol–water partition coefficient (Wildman–Crippen LogP) is 4.96. The van der Waals surface area contributed by atoms with Crippen molar-refractivity contribution >= 4 is 11.5 Å². The molecule has 0 atom stereocenters. The molecular formula is C19H11F6N5O. The number of nitrogens with zero attached hydrogens (tertiary/aromatic N) is 4. The van der Waals surface area contributed by atoms with Crippen LogP contribution in [0.4, 0.5) is 32.2 Å². The second kappa shape index (κ2) is 7.15. The lowest BCUT2D eigenvalue weighted by atomic mass is 10.1. The molecule has 4 rings (SSSR count). The van der Waals surface area contributed by atoms with Crippen LogP contribution in [0.1, 0.15) is 5.56 Å². The zero-order valence-electron chi connectivity index (χ0n) is 15.2. The number of halogens is 6. The first kappa shape index (κ1) is 20.4. The fourth-order valence-electron chi connectivity index (χ4n) is 2.97. The van der Waals surface area contributed by atoms with Crippen molar-refractivity contribution in [1.29, 1.82) is 0 Å². The number of aromatic nitrogens is 4. The number of fused-ring (bicyclic) bond motifs is 1. The fraction of sp³-hybridized carbons (Fsp3) is 0.105. The maximum absolute atomic E-state index is 13.3. The summed E-state index contributed by atoms with van der Waals surface area (Å²) >= 11 is 0. The van der Waals surface area contributed by atoms with E-state index in [0.717, 1.165) is 18.2 Å². The Hall–Kier alpha value is -3.83. The molecule has 0 saturated heterocycles. The molecule has 0 bridgehead atoms. The maximum Gasteiger partial charge on any atom is 0.573 e. The third-order valence-corrected chi connectivity index (χ3v) is 4.26. The Bertz CT molecular complexity index is 1250. The van der Waals surface area contributed by atoms with Gasteiger partial charge in [-0.05, 0) is 42.5 Å². The van der Waals surface area contributed by atoms with Crippen LogP contribution in [0.3, 0.4) is 0 Å². The molecule has 0 fully saturated rings. The molecule has 0 aliphatic rings. The number of imidazole rings is 1. The number of pyridine rings is 1. The van der Waals surface area contributed by atoms with Crippen molar-refractivity contribution in [3.8, 4) is 28.3 Å². The smallest absolute Gasteiger partial charge is 0.406 e. The zero-order chi connectivity index (χ0) is 22.4. The second-order valence-electron chi connectivity index (χ2n) is 6.33. The Morgan fingerprint density at radius 1 is 0.903 bits per heavy atom. The quantitative estimate of drug-likeness (QED) is 0.457. The number of anilines is 1. The minimum Gasteiger partial charge on any atom is -0.406 e. The Morgan fingerprint density at radius 2 is 1.61 bits per heavy atom. The van der Waals surface area contributed by atoms with Gasteiger partial charge in [0.05, 0.1) is 17.5 Å². The molecule has 31 heavy (non-hydrogen) atoms. The van der Waals surface area contributed by atoms with Gasteiger partial charge in [-0.15, -0.1) is 13.2 Å². The van der Waals surface area contributed by atoms with Gasteiger partial charge in [0, 0.05) is 17.3 Å². The minimum absolute atomic E-state index is 0.0584. The molecule has 0 radical (unpaired) electrons. The number of hydrogen-bond acceptors (Lipinski definition) is 5. The van der Waals surface area contributed by atoms with Crippen LogP contribution >= 0.6 is 0 Å². The summed E-state index contributed by atoms with van der Waals surface area (Å²) in [4.78, 5) is 8.08. The van der Waals surface area contributed by atoms with Crippen LogP contribution in [-0.4, -0.2) is 25.9 Å². The van der Waals surface area contributed by atoms with Crippen molar-refractivity contribution in [1.82, 2.24) is 19.6 Å². The highest BCUT2D eigenvalue weighted by molar-refractivity contribution is 5.76. The SMILES string of the molecule is Nc1c(-c2ccc(OC(F)(F)F)cc2)nc2cc(-c3ncccc3C(F)(F)F)cnn12. The van der Waals surface area contributed by atoms with E-state index >= 15 is 0 Å². The molecule has 0 aliphatic carbocycles. The molecule has 4 aromatic rings. The summed E-state index contributed by atoms with van der Waals surface area (Å²) < 4.78 is 81.8. The topological polar surface area (TPSA) is 78.3 Å². The van der Waals surface area contributed by atoms with Gasteiger partial charge in [-0.25, -0.2) is 4.98 Å². The molecule has 6 nitrogen and oxygen atoms in total. The monoisotopic (exact) mass is 439 g/mol. The summed E-state index contributed by atoms with van der Waals surface area (Å²) in [6, 6.07) is 8.24. The molecule has 0 unspecified atom stereocenters. The summed E-state index contributed by atoms with van der Waals surface area (Å²) in [5.41, 5.74) is 5.56.